The van der Waals surface area contributed by atoms with Crippen molar-refractivity contribution in [3.8, 4) is 0 Å². The van der Waals surface area contributed by atoms with Crippen molar-refractivity contribution in [3.63, 3.8) is 0 Å². The highest BCUT2D eigenvalue weighted by atomic mass is 16.2. The van der Waals surface area contributed by atoms with Gasteiger partial charge in [0.1, 0.15) is 0 Å². The summed E-state index contributed by atoms with van der Waals surface area (Å²) in [6.45, 7) is 7.29. The van der Waals surface area contributed by atoms with Crippen molar-refractivity contribution in [2.75, 3.05) is 38.0 Å². The molecule has 1 heterocycles. The second kappa shape index (κ2) is 8.67. The maximum absolute atomic E-state index is 12.4. The van der Waals surface area contributed by atoms with Crippen molar-refractivity contribution < 1.29 is 4.79 Å². The van der Waals surface area contributed by atoms with Gasteiger partial charge in [0.2, 0.25) is 5.91 Å². The van der Waals surface area contributed by atoms with E-state index in [1.165, 1.54) is 11.1 Å². The fourth-order valence-corrected chi connectivity index (χ4v) is 3.14. The number of amides is 1. The average Bonchev–Trinajstić information content (AvgIpc) is 2.65. The Labute approximate surface area is 150 Å². The fourth-order valence-electron chi connectivity index (χ4n) is 3.14. The molecule has 1 fully saturated rings. The molecular weight excluding hydrogens is 310 g/mol. The predicted octanol–water partition coefficient (Wildman–Crippen LogP) is 3.14. The fraction of sp³-hybridized carbons (Fsp3) is 0.381. The monoisotopic (exact) mass is 337 g/mol. The van der Waals surface area contributed by atoms with Gasteiger partial charge in [-0.2, -0.15) is 0 Å². The lowest BCUT2D eigenvalue weighted by Crippen LogP contribution is -2.48. The smallest absolute Gasteiger partial charge is 0.224 e. The molecule has 0 unspecified atom stereocenters. The van der Waals surface area contributed by atoms with Crippen LogP contribution in [0.4, 0.5) is 5.69 Å². The summed E-state index contributed by atoms with van der Waals surface area (Å²) < 4.78 is 0. The van der Waals surface area contributed by atoms with Crippen LogP contribution in [0, 0.1) is 6.92 Å². The summed E-state index contributed by atoms with van der Waals surface area (Å²) in [5.41, 5.74) is 3.66. The van der Waals surface area contributed by atoms with Crippen molar-refractivity contribution >= 4 is 11.6 Å². The van der Waals surface area contributed by atoms with Crippen LogP contribution in [0.2, 0.25) is 0 Å². The van der Waals surface area contributed by atoms with Gasteiger partial charge in [0.25, 0.3) is 0 Å². The normalized spacial score (nSPS) is 15.2. The molecule has 0 aromatic heterocycles. The minimum Gasteiger partial charge on any atom is -0.385 e. The minimum absolute atomic E-state index is 0.249. The number of rotatable bonds is 6. The summed E-state index contributed by atoms with van der Waals surface area (Å²) in [5, 5.41) is 3.33. The molecule has 1 amide bonds. The van der Waals surface area contributed by atoms with Gasteiger partial charge in [-0.25, -0.2) is 0 Å². The van der Waals surface area contributed by atoms with Crippen molar-refractivity contribution in [2.24, 2.45) is 0 Å². The zero-order valence-electron chi connectivity index (χ0n) is 14.9. The van der Waals surface area contributed by atoms with Crippen LogP contribution in [-0.2, 0) is 11.3 Å². The quantitative estimate of drug-likeness (QED) is 0.880. The molecule has 0 radical (unpaired) electrons. The number of aryl methyl sites for hydroxylation is 1. The maximum Gasteiger partial charge on any atom is 0.224 e. The highest BCUT2D eigenvalue weighted by Gasteiger charge is 2.20. The summed E-state index contributed by atoms with van der Waals surface area (Å²) >= 11 is 0. The maximum atomic E-state index is 12.4. The van der Waals surface area contributed by atoms with E-state index in [4.69, 9.17) is 0 Å². The molecule has 0 saturated carbocycles. The first kappa shape index (κ1) is 17.5. The number of benzene rings is 2. The minimum atomic E-state index is 0.249. The van der Waals surface area contributed by atoms with Crippen molar-refractivity contribution in [3.05, 3.63) is 65.7 Å². The Morgan fingerprint density at radius 3 is 2.32 bits per heavy atom. The molecule has 4 nitrogen and oxygen atoms in total. The van der Waals surface area contributed by atoms with Gasteiger partial charge in [-0.15, -0.1) is 0 Å². The van der Waals surface area contributed by atoms with Crippen LogP contribution in [0.5, 0.6) is 0 Å². The molecule has 132 valence electrons. The molecule has 1 aliphatic rings. The second-order valence-electron chi connectivity index (χ2n) is 6.69. The van der Waals surface area contributed by atoms with E-state index in [9.17, 15) is 4.79 Å². The van der Waals surface area contributed by atoms with Crippen molar-refractivity contribution in [1.82, 2.24) is 9.80 Å². The number of anilines is 1. The molecule has 0 bridgehead atoms. The Morgan fingerprint density at radius 2 is 1.64 bits per heavy atom. The summed E-state index contributed by atoms with van der Waals surface area (Å²) in [6, 6.07) is 18.8. The van der Waals surface area contributed by atoms with Gasteiger partial charge in [0.05, 0.1) is 0 Å². The van der Waals surface area contributed by atoms with E-state index in [1.54, 1.807) is 0 Å². The highest BCUT2D eigenvalue weighted by Crippen LogP contribution is 2.11. The zero-order chi connectivity index (χ0) is 17.5. The third-order valence-corrected chi connectivity index (χ3v) is 4.69. The van der Waals surface area contributed by atoms with Gasteiger partial charge in [-0.3, -0.25) is 9.69 Å². The number of nitrogens with one attached hydrogen (secondary N) is 1. The number of piperazine rings is 1. The number of nitrogens with zero attached hydrogens (tertiary/aromatic N) is 2. The summed E-state index contributed by atoms with van der Waals surface area (Å²) in [7, 11) is 0. The molecule has 3 rings (SSSR count). The molecule has 2 aromatic carbocycles. The second-order valence-corrected chi connectivity index (χ2v) is 6.69. The van der Waals surface area contributed by atoms with E-state index < -0.39 is 0 Å². The van der Waals surface area contributed by atoms with Gasteiger partial charge < -0.3 is 10.2 Å². The molecule has 0 atom stereocenters. The van der Waals surface area contributed by atoms with Gasteiger partial charge in [-0.05, 0) is 24.6 Å². The van der Waals surface area contributed by atoms with E-state index in [2.05, 4.69) is 65.7 Å². The Kier molecular flexibility index (Phi) is 6.07. The van der Waals surface area contributed by atoms with E-state index in [1.807, 2.05) is 11.0 Å². The first-order valence-corrected chi connectivity index (χ1v) is 9.05. The molecule has 0 aliphatic carbocycles. The van der Waals surface area contributed by atoms with Crippen LogP contribution in [0.15, 0.2) is 54.6 Å². The molecular formula is C21H27N3O. The predicted molar refractivity (Wildman–Crippen MR) is 103 cm³/mol. The summed E-state index contributed by atoms with van der Waals surface area (Å²) in [4.78, 5) is 16.8. The molecule has 0 spiro atoms. The third kappa shape index (κ3) is 5.33. The Morgan fingerprint density at radius 1 is 0.960 bits per heavy atom. The Hall–Kier alpha value is -2.33. The van der Waals surface area contributed by atoms with Crippen LogP contribution in [0.25, 0.3) is 0 Å². The lowest BCUT2D eigenvalue weighted by Gasteiger charge is -2.34. The molecule has 2 aromatic rings. The first-order chi connectivity index (χ1) is 12.2. The molecule has 4 heteroatoms. The van der Waals surface area contributed by atoms with Crippen LogP contribution < -0.4 is 5.32 Å². The largest absolute Gasteiger partial charge is 0.385 e. The van der Waals surface area contributed by atoms with Crippen LogP contribution in [0.3, 0.4) is 0 Å². The summed E-state index contributed by atoms with van der Waals surface area (Å²) in [6.07, 6.45) is 0.548. The third-order valence-electron chi connectivity index (χ3n) is 4.69. The standard InChI is InChI=1S/C21H27N3O/c1-18-7-9-20(10-8-18)22-12-11-21(25)24-15-13-23(14-16-24)17-19-5-3-2-4-6-19/h2-10,22H,11-17H2,1H3. The molecule has 1 aliphatic heterocycles. The van der Waals surface area contributed by atoms with Gasteiger partial charge >= 0.3 is 0 Å². The van der Waals surface area contributed by atoms with E-state index in [0.717, 1.165) is 38.4 Å². The first-order valence-electron chi connectivity index (χ1n) is 9.05. The lowest BCUT2D eigenvalue weighted by atomic mass is 10.2. The van der Waals surface area contributed by atoms with Crippen molar-refractivity contribution in [1.29, 1.82) is 0 Å². The van der Waals surface area contributed by atoms with Crippen LogP contribution in [0.1, 0.15) is 17.5 Å². The number of carbonyl (C=O) groups excluding carboxylic acids is 1. The lowest BCUT2D eigenvalue weighted by molar-refractivity contribution is -0.132. The Bertz CT molecular complexity index is 661. The SMILES string of the molecule is Cc1ccc(NCCC(=O)N2CCN(Cc3ccccc3)CC2)cc1. The van der Waals surface area contributed by atoms with Crippen LogP contribution in [-0.4, -0.2) is 48.4 Å². The zero-order valence-corrected chi connectivity index (χ0v) is 14.9. The molecule has 1 saturated heterocycles. The Balaban J connectivity index is 1.37. The average molecular weight is 337 g/mol. The number of carbonyl (C=O) groups is 1. The van der Waals surface area contributed by atoms with Gasteiger partial charge in [0, 0.05) is 51.4 Å². The van der Waals surface area contributed by atoms with Gasteiger partial charge in [-0.1, -0.05) is 48.0 Å². The van der Waals surface area contributed by atoms with E-state index >= 15 is 0 Å². The molecule has 25 heavy (non-hydrogen) atoms. The number of hydrogen-bond acceptors (Lipinski definition) is 3. The topological polar surface area (TPSA) is 35.6 Å². The highest BCUT2D eigenvalue weighted by molar-refractivity contribution is 5.76. The van der Waals surface area contributed by atoms with Crippen LogP contribution >= 0.6 is 0 Å². The van der Waals surface area contributed by atoms with Crippen molar-refractivity contribution in [2.45, 2.75) is 19.9 Å². The molecule has 1 N–H and O–H groups in total. The van der Waals surface area contributed by atoms with Gasteiger partial charge in [0.15, 0.2) is 0 Å². The number of hydrogen-bond donors (Lipinski definition) is 1. The van der Waals surface area contributed by atoms with E-state index in [0.29, 0.717) is 13.0 Å². The van der Waals surface area contributed by atoms with E-state index in [-0.39, 0.29) is 5.91 Å². The summed E-state index contributed by atoms with van der Waals surface area (Å²) in [5.74, 6) is 0.249.